The molecule has 0 saturated heterocycles. The maximum Gasteiger partial charge on any atom is 0.287 e. The van der Waals surface area contributed by atoms with Crippen LogP contribution >= 0.6 is 0 Å². The van der Waals surface area contributed by atoms with E-state index in [0.29, 0.717) is 5.58 Å². The minimum atomic E-state index is -0.393. The first-order valence-electron chi connectivity index (χ1n) is 6.12. The molecule has 0 saturated carbocycles. The van der Waals surface area contributed by atoms with Crippen LogP contribution in [0.4, 0.5) is 0 Å². The van der Waals surface area contributed by atoms with Crippen LogP contribution < -0.4 is 10.6 Å². The highest BCUT2D eigenvalue weighted by molar-refractivity contribution is 5.97. The summed E-state index contributed by atoms with van der Waals surface area (Å²) in [5.74, 6) is -0.409. The normalized spacial score (nSPS) is 10.7. The molecule has 0 radical (unpaired) electrons. The summed E-state index contributed by atoms with van der Waals surface area (Å²) in [5, 5.41) is 6.07. The topological polar surface area (TPSA) is 71.3 Å². The van der Waals surface area contributed by atoms with E-state index in [1.165, 1.54) is 0 Å². The number of fused-ring (bicyclic) bond motifs is 1. The summed E-state index contributed by atoms with van der Waals surface area (Å²) < 4.78 is 5.40. The lowest BCUT2D eigenvalue weighted by Crippen LogP contribution is -2.39. The number of carbonyl (C=O) groups excluding carboxylic acids is 2. The third-order valence-electron chi connectivity index (χ3n) is 2.51. The average molecular weight is 260 g/mol. The van der Waals surface area contributed by atoms with E-state index in [4.69, 9.17) is 4.42 Å². The molecule has 100 valence electrons. The molecule has 5 heteroatoms. The Morgan fingerprint density at radius 1 is 1.26 bits per heavy atom. The smallest absolute Gasteiger partial charge is 0.287 e. The molecular formula is C14H16N2O3. The van der Waals surface area contributed by atoms with E-state index in [1.807, 2.05) is 32.0 Å². The lowest BCUT2D eigenvalue weighted by molar-refractivity contribution is -0.120. The summed E-state index contributed by atoms with van der Waals surface area (Å²) in [6, 6.07) is 9.07. The predicted molar refractivity (Wildman–Crippen MR) is 71.8 cm³/mol. The molecule has 0 atom stereocenters. The third-order valence-corrected chi connectivity index (χ3v) is 2.51. The van der Waals surface area contributed by atoms with E-state index in [-0.39, 0.29) is 24.3 Å². The van der Waals surface area contributed by atoms with Crippen LogP contribution in [0.3, 0.4) is 0 Å². The molecule has 5 nitrogen and oxygen atoms in total. The van der Waals surface area contributed by atoms with Gasteiger partial charge in [-0.15, -0.1) is 0 Å². The largest absolute Gasteiger partial charge is 0.451 e. The van der Waals surface area contributed by atoms with Crippen molar-refractivity contribution >= 4 is 22.8 Å². The molecule has 0 aliphatic heterocycles. The molecule has 0 fully saturated rings. The van der Waals surface area contributed by atoms with Crippen LogP contribution in [-0.4, -0.2) is 24.4 Å². The summed E-state index contributed by atoms with van der Waals surface area (Å²) in [6.45, 7) is 3.66. The van der Waals surface area contributed by atoms with Crippen LogP contribution in [0.2, 0.25) is 0 Å². The molecule has 1 aromatic heterocycles. The van der Waals surface area contributed by atoms with E-state index >= 15 is 0 Å². The highest BCUT2D eigenvalue weighted by atomic mass is 16.3. The number of rotatable bonds is 4. The molecule has 2 amide bonds. The number of hydrogen-bond donors (Lipinski definition) is 2. The first-order valence-corrected chi connectivity index (χ1v) is 6.12. The van der Waals surface area contributed by atoms with Crippen molar-refractivity contribution in [1.29, 1.82) is 0 Å². The van der Waals surface area contributed by atoms with Gasteiger partial charge in [-0.3, -0.25) is 9.59 Å². The van der Waals surface area contributed by atoms with E-state index in [9.17, 15) is 9.59 Å². The van der Waals surface area contributed by atoms with E-state index in [2.05, 4.69) is 10.6 Å². The van der Waals surface area contributed by atoms with Gasteiger partial charge in [-0.05, 0) is 26.0 Å². The number of amides is 2. The Morgan fingerprint density at radius 2 is 2.00 bits per heavy atom. The van der Waals surface area contributed by atoms with Crippen LogP contribution in [-0.2, 0) is 4.79 Å². The summed E-state index contributed by atoms with van der Waals surface area (Å²) in [4.78, 5) is 23.2. The molecule has 1 aromatic carbocycles. The van der Waals surface area contributed by atoms with Gasteiger partial charge in [0.2, 0.25) is 5.91 Å². The lowest BCUT2D eigenvalue weighted by atomic mass is 10.2. The third kappa shape index (κ3) is 3.34. The minimum absolute atomic E-state index is 0.0515. The predicted octanol–water partition coefficient (Wildman–Crippen LogP) is 1.69. The quantitative estimate of drug-likeness (QED) is 0.878. The first kappa shape index (κ1) is 13.1. The van der Waals surface area contributed by atoms with Gasteiger partial charge in [0.1, 0.15) is 5.58 Å². The summed E-state index contributed by atoms with van der Waals surface area (Å²) >= 11 is 0. The number of para-hydroxylation sites is 1. The molecule has 0 aliphatic rings. The molecule has 1 heterocycles. The summed E-state index contributed by atoms with van der Waals surface area (Å²) in [5.41, 5.74) is 0.652. The van der Waals surface area contributed by atoms with Crippen molar-refractivity contribution in [3.8, 4) is 0 Å². The van der Waals surface area contributed by atoms with Crippen molar-refractivity contribution in [2.75, 3.05) is 6.54 Å². The molecule has 19 heavy (non-hydrogen) atoms. The van der Waals surface area contributed by atoms with Crippen LogP contribution in [0.15, 0.2) is 34.7 Å². The molecule has 2 N–H and O–H groups in total. The molecule has 0 bridgehead atoms. The number of furan rings is 1. The van der Waals surface area contributed by atoms with Crippen molar-refractivity contribution in [1.82, 2.24) is 10.6 Å². The van der Waals surface area contributed by atoms with Crippen molar-refractivity contribution in [2.45, 2.75) is 19.9 Å². The highest BCUT2D eigenvalue weighted by Crippen LogP contribution is 2.18. The van der Waals surface area contributed by atoms with Crippen LogP contribution in [0, 0.1) is 0 Å². The molecule has 0 unspecified atom stereocenters. The zero-order chi connectivity index (χ0) is 13.8. The minimum Gasteiger partial charge on any atom is -0.451 e. The van der Waals surface area contributed by atoms with Gasteiger partial charge in [0.15, 0.2) is 5.76 Å². The number of nitrogens with one attached hydrogen (secondary N) is 2. The zero-order valence-corrected chi connectivity index (χ0v) is 10.9. The van der Waals surface area contributed by atoms with E-state index in [0.717, 1.165) is 5.39 Å². The average Bonchev–Trinajstić information content (AvgIpc) is 2.78. The molecule has 2 rings (SSSR count). The highest BCUT2D eigenvalue weighted by Gasteiger charge is 2.13. The molecule has 0 spiro atoms. The lowest BCUT2D eigenvalue weighted by Gasteiger charge is -2.08. The van der Waals surface area contributed by atoms with E-state index < -0.39 is 5.91 Å². The van der Waals surface area contributed by atoms with Gasteiger partial charge in [-0.2, -0.15) is 0 Å². The first-order chi connectivity index (χ1) is 9.06. The van der Waals surface area contributed by atoms with Gasteiger partial charge < -0.3 is 15.1 Å². The van der Waals surface area contributed by atoms with Gasteiger partial charge in [-0.1, -0.05) is 18.2 Å². The fraction of sp³-hybridized carbons (Fsp3) is 0.286. The number of carbonyl (C=O) groups is 2. The van der Waals surface area contributed by atoms with Crippen LogP contribution in [0.25, 0.3) is 11.0 Å². The Bertz CT molecular complexity index is 569. The standard InChI is InChI=1S/C14H16N2O3/c1-9(2)16-13(17)8-15-14(18)12-7-10-5-3-4-6-11(10)19-12/h3-7,9H,8H2,1-2H3,(H,15,18)(H,16,17). The molecular weight excluding hydrogens is 244 g/mol. The van der Waals surface area contributed by atoms with Gasteiger partial charge in [0.05, 0.1) is 6.54 Å². The van der Waals surface area contributed by atoms with Gasteiger partial charge in [-0.25, -0.2) is 0 Å². The maximum absolute atomic E-state index is 11.8. The van der Waals surface area contributed by atoms with Gasteiger partial charge >= 0.3 is 0 Å². The maximum atomic E-state index is 11.8. The second kappa shape index (κ2) is 5.56. The number of benzene rings is 1. The van der Waals surface area contributed by atoms with Gasteiger partial charge in [0, 0.05) is 11.4 Å². The van der Waals surface area contributed by atoms with Crippen molar-refractivity contribution in [3.05, 3.63) is 36.1 Å². The Balaban J connectivity index is 1.98. The second-order valence-corrected chi connectivity index (χ2v) is 4.55. The van der Waals surface area contributed by atoms with Crippen molar-refractivity contribution in [2.24, 2.45) is 0 Å². The van der Waals surface area contributed by atoms with Crippen LogP contribution in [0.1, 0.15) is 24.4 Å². The Kier molecular flexibility index (Phi) is 3.85. The second-order valence-electron chi connectivity index (χ2n) is 4.55. The number of hydrogen-bond acceptors (Lipinski definition) is 3. The van der Waals surface area contributed by atoms with E-state index in [1.54, 1.807) is 12.1 Å². The Labute approximate surface area is 111 Å². The zero-order valence-electron chi connectivity index (χ0n) is 10.9. The molecule has 0 aliphatic carbocycles. The Morgan fingerprint density at radius 3 is 2.68 bits per heavy atom. The van der Waals surface area contributed by atoms with Crippen molar-refractivity contribution in [3.63, 3.8) is 0 Å². The SMILES string of the molecule is CC(C)NC(=O)CNC(=O)c1cc2ccccc2o1. The monoisotopic (exact) mass is 260 g/mol. The van der Waals surface area contributed by atoms with Gasteiger partial charge in [0.25, 0.3) is 5.91 Å². The van der Waals surface area contributed by atoms with Crippen molar-refractivity contribution < 1.29 is 14.0 Å². The fourth-order valence-electron chi connectivity index (χ4n) is 1.71. The summed E-state index contributed by atoms with van der Waals surface area (Å²) in [7, 11) is 0. The fourth-order valence-corrected chi connectivity index (χ4v) is 1.71. The Hall–Kier alpha value is -2.30. The van der Waals surface area contributed by atoms with Crippen LogP contribution in [0.5, 0.6) is 0 Å². The molecule has 2 aromatic rings. The summed E-state index contributed by atoms with van der Waals surface area (Å²) in [6.07, 6.45) is 0.